The molecule has 0 aliphatic carbocycles. The molecule has 0 aromatic heterocycles. The fourth-order valence-corrected chi connectivity index (χ4v) is 2.98. The lowest BCUT2D eigenvalue weighted by molar-refractivity contribution is -0.112. The number of nitriles is 1. The van der Waals surface area contributed by atoms with Crippen LogP contribution in [-0.2, 0) is 21.3 Å². The average molecular weight is 399 g/mol. The molecule has 2 aromatic carbocycles. The minimum atomic E-state index is -4.37. The molecule has 146 valence electrons. The molecule has 0 saturated carbocycles. The minimum Gasteiger partial charge on any atom is -0.390 e. The number of anilines is 1. The molecule has 2 aromatic rings. The summed E-state index contributed by atoms with van der Waals surface area (Å²) in [6.07, 6.45) is 4.15. The second kappa shape index (κ2) is 10.3. The van der Waals surface area contributed by atoms with Crippen molar-refractivity contribution < 1.29 is 17.8 Å². The van der Waals surface area contributed by atoms with E-state index in [1.54, 1.807) is 6.07 Å². The molecular weight excluding hydrogens is 378 g/mol. The molecule has 0 unspecified atom stereocenters. The molecule has 3 N–H and O–H groups in total. The Balaban J connectivity index is 1.83. The number of nitrogens with one attached hydrogen (secondary N) is 2. The van der Waals surface area contributed by atoms with Crippen LogP contribution in [0.25, 0.3) is 0 Å². The van der Waals surface area contributed by atoms with Crippen molar-refractivity contribution in [3.05, 3.63) is 71.9 Å². The largest absolute Gasteiger partial charge is 0.390 e. The second-order valence-corrected chi connectivity index (χ2v) is 7.45. The van der Waals surface area contributed by atoms with Gasteiger partial charge < -0.3 is 10.6 Å². The summed E-state index contributed by atoms with van der Waals surface area (Å²) in [5.74, 6) is -0.674. The van der Waals surface area contributed by atoms with Gasteiger partial charge in [0.2, 0.25) is 0 Å². The van der Waals surface area contributed by atoms with Crippen LogP contribution in [0, 0.1) is 11.3 Å². The molecule has 1 amide bonds. The summed E-state index contributed by atoms with van der Waals surface area (Å²) in [5, 5.41) is 14.5. The van der Waals surface area contributed by atoms with Gasteiger partial charge in [-0.25, -0.2) is 0 Å². The van der Waals surface area contributed by atoms with Crippen molar-refractivity contribution in [2.24, 2.45) is 0 Å². The van der Waals surface area contributed by atoms with E-state index in [1.807, 2.05) is 18.2 Å². The van der Waals surface area contributed by atoms with Gasteiger partial charge in [-0.1, -0.05) is 36.4 Å². The third-order valence-corrected chi connectivity index (χ3v) is 4.73. The quantitative estimate of drug-likeness (QED) is 0.258. The Kier molecular flexibility index (Phi) is 7.75. The first-order chi connectivity index (χ1) is 13.4. The molecule has 0 aliphatic heterocycles. The number of amides is 1. The fourth-order valence-electron chi connectivity index (χ4n) is 2.46. The lowest BCUT2D eigenvalue weighted by Gasteiger charge is -2.06. The maximum atomic E-state index is 12.2. The SMILES string of the molecule is N#C/C(=C/NCCCCc1ccccc1)C(=O)Nc1cccc(S(=O)(=O)O)c1. The lowest BCUT2D eigenvalue weighted by atomic mass is 10.1. The molecule has 0 aliphatic rings. The summed E-state index contributed by atoms with van der Waals surface area (Å²) in [5.41, 5.74) is 1.28. The highest BCUT2D eigenvalue weighted by Crippen LogP contribution is 2.15. The van der Waals surface area contributed by atoms with Crippen molar-refractivity contribution in [1.82, 2.24) is 5.32 Å². The first kappa shape index (κ1) is 21.2. The van der Waals surface area contributed by atoms with E-state index in [-0.39, 0.29) is 16.2 Å². The van der Waals surface area contributed by atoms with Gasteiger partial charge in [0.05, 0.1) is 4.90 Å². The molecular formula is C20H21N3O4S. The van der Waals surface area contributed by atoms with Crippen LogP contribution in [0.2, 0.25) is 0 Å². The van der Waals surface area contributed by atoms with Crippen LogP contribution in [0.15, 0.2) is 71.3 Å². The number of carbonyl (C=O) groups excluding carboxylic acids is 1. The topological polar surface area (TPSA) is 119 Å². The molecule has 0 spiro atoms. The van der Waals surface area contributed by atoms with Crippen molar-refractivity contribution in [2.75, 3.05) is 11.9 Å². The van der Waals surface area contributed by atoms with Gasteiger partial charge in [0.25, 0.3) is 16.0 Å². The van der Waals surface area contributed by atoms with Crippen molar-refractivity contribution >= 4 is 21.7 Å². The molecule has 8 heteroatoms. The summed E-state index contributed by atoms with van der Waals surface area (Å²) in [6.45, 7) is 0.615. The summed E-state index contributed by atoms with van der Waals surface area (Å²) >= 11 is 0. The summed E-state index contributed by atoms with van der Waals surface area (Å²) in [7, 11) is -4.37. The number of carbonyl (C=O) groups is 1. The Labute approximate surface area is 164 Å². The Morgan fingerprint density at radius 2 is 1.86 bits per heavy atom. The normalized spacial score (nSPS) is 11.5. The smallest absolute Gasteiger partial charge is 0.294 e. The molecule has 0 fully saturated rings. The maximum Gasteiger partial charge on any atom is 0.294 e. The highest BCUT2D eigenvalue weighted by molar-refractivity contribution is 7.85. The first-order valence-corrected chi connectivity index (χ1v) is 10.1. The van der Waals surface area contributed by atoms with Gasteiger partial charge in [-0.05, 0) is 43.0 Å². The third kappa shape index (κ3) is 6.87. The predicted molar refractivity (Wildman–Crippen MR) is 106 cm³/mol. The van der Waals surface area contributed by atoms with E-state index >= 15 is 0 Å². The van der Waals surface area contributed by atoms with Crippen LogP contribution in [0.3, 0.4) is 0 Å². The van der Waals surface area contributed by atoms with Crippen molar-refractivity contribution in [1.29, 1.82) is 5.26 Å². The van der Waals surface area contributed by atoms with Gasteiger partial charge in [0, 0.05) is 18.4 Å². The Morgan fingerprint density at radius 3 is 2.54 bits per heavy atom. The Hall–Kier alpha value is -3.15. The van der Waals surface area contributed by atoms with Crippen LogP contribution >= 0.6 is 0 Å². The molecule has 0 radical (unpaired) electrons. The number of rotatable bonds is 9. The van der Waals surface area contributed by atoms with E-state index < -0.39 is 16.0 Å². The van der Waals surface area contributed by atoms with E-state index in [1.165, 1.54) is 30.0 Å². The van der Waals surface area contributed by atoms with Crippen LogP contribution in [0.1, 0.15) is 18.4 Å². The molecule has 2 rings (SSSR count). The Bertz CT molecular complexity index is 980. The van der Waals surface area contributed by atoms with E-state index in [0.717, 1.165) is 25.3 Å². The predicted octanol–water partition coefficient (Wildman–Crippen LogP) is 2.89. The Morgan fingerprint density at radius 1 is 1.11 bits per heavy atom. The zero-order chi connectivity index (χ0) is 20.4. The number of nitrogens with zero attached hydrogens (tertiary/aromatic N) is 1. The first-order valence-electron chi connectivity index (χ1n) is 8.66. The third-order valence-electron chi connectivity index (χ3n) is 3.88. The number of benzene rings is 2. The highest BCUT2D eigenvalue weighted by atomic mass is 32.2. The van der Waals surface area contributed by atoms with E-state index in [4.69, 9.17) is 9.81 Å². The number of hydrogen-bond donors (Lipinski definition) is 3. The van der Waals surface area contributed by atoms with Gasteiger partial charge in [-0.2, -0.15) is 13.7 Å². The van der Waals surface area contributed by atoms with Crippen LogP contribution in [-0.4, -0.2) is 25.4 Å². The van der Waals surface area contributed by atoms with Crippen molar-refractivity contribution in [3.63, 3.8) is 0 Å². The van der Waals surface area contributed by atoms with Gasteiger partial charge in [-0.15, -0.1) is 0 Å². The number of hydrogen-bond acceptors (Lipinski definition) is 5. The number of unbranched alkanes of at least 4 members (excludes halogenated alkanes) is 1. The summed E-state index contributed by atoms with van der Waals surface area (Å²) < 4.78 is 31.3. The molecule has 7 nitrogen and oxygen atoms in total. The standard InChI is InChI=1S/C20H21N3O4S/c21-14-17(15-22-12-5-4-9-16-7-2-1-3-8-16)20(24)23-18-10-6-11-19(13-18)28(25,26)27/h1-3,6-8,10-11,13,15,22H,4-5,9,12H2,(H,23,24)(H,25,26,27)/b17-15-. The zero-order valence-corrected chi connectivity index (χ0v) is 15.9. The van der Waals surface area contributed by atoms with E-state index in [9.17, 15) is 13.2 Å². The molecule has 0 heterocycles. The lowest BCUT2D eigenvalue weighted by Crippen LogP contribution is -2.17. The van der Waals surface area contributed by atoms with Crippen LogP contribution < -0.4 is 10.6 Å². The van der Waals surface area contributed by atoms with Crippen LogP contribution in [0.4, 0.5) is 5.69 Å². The summed E-state index contributed by atoms with van der Waals surface area (Å²) in [6, 6.07) is 17.1. The monoisotopic (exact) mass is 399 g/mol. The van der Waals surface area contributed by atoms with Crippen molar-refractivity contribution in [2.45, 2.75) is 24.2 Å². The van der Waals surface area contributed by atoms with Crippen molar-refractivity contribution in [3.8, 4) is 6.07 Å². The summed E-state index contributed by atoms with van der Waals surface area (Å²) in [4.78, 5) is 11.8. The van der Waals surface area contributed by atoms with Gasteiger partial charge in [-0.3, -0.25) is 9.35 Å². The zero-order valence-electron chi connectivity index (χ0n) is 15.1. The second-order valence-electron chi connectivity index (χ2n) is 6.02. The van der Waals surface area contributed by atoms with E-state index in [2.05, 4.69) is 22.8 Å². The van der Waals surface area contributed by atoms with E-state index in [0.29, 0.717) is 6.54 Å². The van der Waals surface area contributed by atoms with Gasteiger partial charge >= 0.3 is 0 Å². The maximum absolute atomic E-state index is 12.2. The molecule has 0 atom stereocenters. The molecule has 0 saturated heterocycles. The number of aryl methyl sites for hydroxylation is 1. The fraction of sp³-hybridized carbons (Fsp3) is 0.200. The minimum absolute atomic E-state index is 0.139. The highest BCUT2D eigenvalue weighted by Gasteiger charge is 2.13. The van der Waals surface area contributed by atoms with Crippen LogP contribution in [0.5, 0.6) is 0 Å². The molecule has 28 heavy (non-hydrogen) atoms. The van der Waals surface area contributed by atoms with Gasteiger partial charge in [0.15, 0.2) is 0 Å². The molecule has 0 bridgehead atoms. The van der Waals surface area contributed by atoms with Gasteiger partial charge in [0.1, 0.15) is 11.6 Å². The average Bonchev–Trinajstić information content (AvgIpc) is 2.67.